The number of nitrogens with zero attached hydrogens (tertiary/aromatic N) is 1. The van der Waals surface area contributed by atoms with Crippen LogP contribution < -0.4 is 5.32 Å². The summed E-state index contributed by atoms with van der Waals surface area (Å²) in [5, 5.41) is 3.46. The Balaban J connectivity index is 1.78. The molecule has 0 aromatic carbocycles. The van der Waals surface area contributed by atoms with Crippen LogP contribution in [0.2, 0.25) is 0 Å². The topological polar surface area (TPSA) is 15.3 Å². The molecule has 2 nitrogen and oxygen atoms in total. The van der Waals surface area contributed by atoms with Crippen molar-refractivity contribution in [3.63, 3.8) is 0 Å². The SMILES string of the molecule is CCN(CC1CCNCC1)C1CCCC1. The van der Waals surface area contributed by atoms with E-state index >= 15 is 0 Å². The predicted molar refractivity (Wildman–Crippen MR) is 65.1 cm³/mol. The summed E-state index contributed by atoms with van der Waals surface area (Å²) in [6, 6.07) is 0.921. The lowest BCUT2D eigenvalue weighted by Crippen LogP contribution is -2.40. The Kier molecular flexibility index (Phi) is 4.45. The van der Waals surface area contributed by atoms with Crippen LogP contribution in [0.5, 0.6) is 0 Å². The van der Waals surface area contributed by atoms with Gasteiger partial charge in [0.1, 0.15) is 0 Å². The molecule has 0 aromatic heterocycles. The van der Waals surface area contributed by atoms with E-state index < -0.39 is 0 Å². The van der Waals surface area contributed by atoms with Crippen molar-refractivity contribution in [1.29, 1.82) is 0 Å². The van der Waals surface area contributed by atoms with E-state index in [1.807, 2.05) is 0 Å². The van der Waals surface area contributed by atoms with Crippen LogP contribution in [-0.2, 0) is 0 Å². The highest BCUT2D eigenvalue weighted by Crippen LogP contribution is 2.25. The second kappa shape index (κ2) is 5.86. The Labute approximate surface area is 94.4 Å². The monoisotopic (exact) mass is 210 g/mol. The number of rotatable bonds is 4. The lowest BCUT2D eigenvalue weighted by atomic mass is 9.96. The van der Waals surface area contributed by atoms with Crippen molar-refractivity contribution in [3.05, 3.63) is 0 Å². The molecular weight excluding hydrogens is 184 g/mol. The Morgan fingerprint density at radius 3 is 2.33 bits per heavy atom. The Hall–Kier alpha value is -0.0800. The van der Waals surface area contributed by atoms with Gasteiger partial charge in [0, 0.05) is 12.6 Å². The Morgan fingerprint density at radius 2 is 1.73 bits per heavy atom. The highest BCUT2D eigenvalue weighted by molar-refractivity contribution is 4.80. The van der Waals surface area contributed by atoms with E-state index in [0.29, 0.717) is 0 Å². The largest absolute Gasteiger partial charge is 0.317 e. The molecule has 0 amide bonds. The van der Waals surface area contributed by atoms with E-state index in [2.05, 4.69) is 17.1 Å². The minimum absolute atomic E-state index is 0.921. The minimum atomic E-state index is 0.921. The van der Waals surface area contributed by atoms with E-state index in [9.17, 15) is 0 Å². The summed E-state index contributed by atoms with van der Waals surface area (Å²) in [7, 11) is 0. The van der Waals surface area contributed by atoms with E-state index in [4.69, 9.17) is 0 Å². The van der Waals surface area contributed by atoms with Crippen LogP contribution in [0.4, 0.5) is 0 Å². The molecule has 1 saturated carbocycles. The number of hydrogen-bond acceptors (Lipinski definition) is 2. The third kappa shape index (κ3) is 3.18. The summed E-state index contributed by atoms with van der Waals surface area (Å²) in [4.78, 5) is 2.75. The van der Waals surface area contributed by atoms with Crippen molar-refractivity contribution < 1.29 is 0 Å². The molecule has 1 aliphatic heterocycles. The van der Waals surface area contributed by atoms with Crippen molar-refractivity contribution in [2.75, 3.05) is 26.2 Å². The van der Waals surface area contributed by atoms with Crippen molar-refractivity contribution >= 4 is 0 Å². The molecule has 2 aliphatic rings. The van der Waals surface area contributed by atoms with E-state index in [1.54, 1.807) is 0 Å². The molecular formula is C13H26N2. The van der Waals surface area contributed by atoms with Crippen molar-refractivity contribution in [1.82, 2.24) is 10.2 Å². The van der Waals surface area contributed by atoms with Gasteiger partial charge in [-0.05, 0) is 51.2 Å². The summed E-state index contributed by atoms with van der Waals surface area (Å²) >= 11 is 0. The molecule has 0 atom stereocenters. The van der Waals surface area contributed by atoms with Gasteiger partial charge in [-0.3, -0.25) is 0 Å². The first kappa shape index (κ1) is 11.4. The zero-order valence-electron chi connectivity index (χ0n) is 10.2. The highest BCUT2D eigenvalue weighted by atomic mass is 15.2. The average molecular weight is 210 g/mol. The van der Waals surface area contributed by atoms with Crippen LogP contribution in [0, 0.1) is 5.92 Å². The van der Waals surface area contributed by atoms with Crippen molar-refractivity contribution in [3.8, 4) is 0 Å². The van der Waals surface area contributed by atoms with E-state index in [-0.39, 0.29) is 0 Å². The first-order valence-corrected chi connectivity index (χ1v) is 6.85. The van der Waals surface area contributed by atoms with Gasteiger partial charge < -0.3 is 10.2 Å². The maximum absolute atomic E-state index is 3.46. The molecule has 15 heavy (non-hydrogen) atoms. The van der Waals surface area contributed by atoms with Gasteiger partial charge >= 0.3 is 0 Å². The first-order chi connectivity index (χ1) is 7.40. The summed E-state index contributed by atoms with van der Waals surface area (Å²) in [6.07, 6.45) is 8.63. The second-order valence-corrected chi connectivity index (χ2v) is 5.22. The smallest absolute Gasteiger partial charge is 0.00952 e. The quantitative estimate of drug-likeness (QED) is 0.765. The summed E-state index contributed by atoms with van der Waals surface area (Å²) in [5.74, 6) is 0.965. The molecule has 0 aromatic rings. The molecule has 1 aliphatic carbocycles. The summed E-state index contributed by atoms with van der Waals surface area (Å²) < 4.78 is 0. The lowest BCUT2D eigenvalue weighted by Gasteiger charge is -2.33. The number of nitrogens with one attached hydrogen (secondary N) is 1. The first-order valence-electron chi connectivity index (χ1n) is 6.85. The molecule has 1 saturated heterocycles. The maximum atomic E-state index is 3.46. The number of hydrogen-bond donors (Lipinski definition) is 1. The van der Waals surface area contributed by atoms with Crippen molar-refractivity contribution in [2.24, 2.45) is 5.92 Å². The molecule has 1 heterocycles. The van der Waals surface area contributed by atoms with Gasteiger partial charge in [0.2, 0.25) is 0 Å². The van der Waals surface area contributed by atoms with Crippen LogP contribution in [0.25, 0.3) is 0 Å². The molecule has 1 N–H and O–H groups in total. The molecule has 2 fully saturated rings. The van der Waals surface area contributed by atoms with Crippen LogP contribution in [0.3, 0.4) is 0 Å². The van der Waals surface area contributed by atoms with E-state index in [0.717, 1.165) is 12.0 Å². The highest BCUT2D eigenvalue weighted by Gasteiger charge is 2.24. The van der Waals surface area contributed by atoms with Gasteiger partial charge in [-0.15, -0.1) is 0 Å². The Bertz CT molecular complexity index is 169. The third-order valence-corrected chi connectivity index (χ3v) is 4.20. The molecule has 0 spiro atoms. The minimum Gasteiger partial charge on any atom is -0.317 e. The standard InChI is InChI=1S/C13H26N2/c1-2-15(13-5-3-4-6-13)11-12-7-9-14-10-8-12/h12-14H,2-11H2,1H3. The summed E-state index contributed by atoms with van der Waals surface area (Å²) in [6.45, 7) is 7.44. The van der Waals surface area contributed by atoms with Gasteiger partial charge in [0.05, 0.1) is 0 Å². The number of piperidine rings is 1. The molecule has 2 rings (SSSR count). The predicted octanol–water partition coefficient (Wildman–Crippen LogP) is 2.25. The molecule has 0 radical (unpaired) electrons. The van der Waals surface area contributed by atoms with Gasteiger partial charge in [-0.25, -0.2) is 0 Å². The van der Waals surface area contributed by atoms with Gasteiger partial charge in [0.15, 0.2) is 0 Å². The fraction of sp³-hybridized carbons (Fsp3) is 1.00. The Morgan fingerprint density at radius 1 is 1.07 bits per heavy atom. The third-order valence-electron chi connectivity index (χ3n) is 4.20. The van der Waals surface area contributed by atoms with E-state index in [1.165, 1.54) is 64.7 Å². The molecule has 0 unspecified atom stereocenters. The maximum Gasteiger partial charge on any atom is 0.00952 e. The van der Waals surface area contributed by atoms with Crippen molar-refractivity contribution in [2.45, 2.75) is 51.5 Å². The lowest BCUT2D eigenvalue weighted by molar-refractivity contribution is 0.160. The zero-order chi connectivity index (χ0) is 10.5. The van der Waals surface area contributed by atoms with Crippen LogP contribution in [0.1, 0.15) is 45.4 Å². The fourth-order valence-corrected chi connectivity index (χ4v) is 3.20. The summed E-state index contributed by atoms with van der Waals surface area (Å²) in [5.41, 5.74) is 0. The average Bonchev–Trinajstić information content (AvgIpc) is 2.81. The zero-order valence-corrected chi connectivity index (χ0v) is 10.2. The van der Waals surface area contributed by atoms with Crippen LogP contribution in [-0.4, -0.2) is 37.1 Å². The van der Waals surface area contributed by atoms with Gasteiger partial charge in [0.25, 0.3) is 0 Å². The van der Waals surface area contributed by atoms with Gasteiger partial charge in [-0.2, -0.15) is 0 Å². The molecule has 88 valence electrons. The molecule has 0 bridgehead atoms. The fourth-order valence-electron chi connectivity index (χ4n) is 3.20. The van der Waals surface area contributed by atoms with Gasteiger partial charge in [-0.1, -0.05) is 19.8 Å². The normalized spacial score (nSPS) is 25.2. The van der Waals surface area contributed by atoms with Crippen LogP contribution >= 0.6 is 0 Å². The molecule has 2 heteroatoms. The second-order valence-electron chi connectivity index (χ2n) is 5.22. The van der Waals surface area contributed by atoms with Crippen LogP contribution in [0.15, 0.2) is 0 Å².